The summed E-state index contributed by atoms with van der Waals surface area (Å²) in [6.07, 6.45) is 3.96. The first-order valence-corrected chi connectivity index (χ1v) is 6.64. The van der Waals surface area contributed by atoms with Crippen molar-refractivity contribution in [3.63, 3.8) is 0 Å². The lowest BCUT2D eigenvalue weighted by atomic mass is 9.72. The highest BCUT2D eigenvalue weighted by atomic mass is 16.2. The van der Waals surface area contributed by atoms with Crippen LogP contribution in [0.3, 0.4) is 0 Å². The second-order valence-electron chi connectivity index (χ2n) is 5.25. The van der Waals surface area contributed by atoms with Crippen molar-refractivity contribution in [2.75, 3.05) is 11.4 Å². The van der Waals surface area contributed by atoms with E-state index in [1.807, 2.05) is 30.3 Å². The Morgan fingerprint density at radius 2 is 1.78 bits per heavy atom. The standard InChI is InChI=1S/C15H17NO2/c17-13-8-4-5-9-15(13)10-11-16(14(15)18)12-6-2-1-3-7-12/h1-3,6-7H,4-5,8-11H2. The molecule has 1 aromatic carbocycles. The van der Waals surface area contributed by atoms with Crippen LogP contribution in [-0.2, 0) is 9.59 Å². The van der Waals surface area contributed by atoms with E-state index in [-0.39, 0.29) is 11.7 Å². The third-order valence-corrected chi connectivity index (χ3v) is 4.28. The lowest BCUT2D eigenvalue weighted by molar-refractivity contribution is -0.140. The number of amides is 1. The second-order valence-corrected chi connectivity index (χ2v) is 5.25. The van der Waals surface area contributed by atoms with Gasteiger partial charge in [0.1, 0.15) is 11.2 Å². The van der Waals surface area contributed by atoms with Gasteiger partial charge in [0, 0.05) is 18.7 Å². The molecular formula is C15H17NO2. The Labute approximate surface area is 107 Å². The molecule has 94 valence electrons. The molecule has 1 saturated carbocycles. The fourth-order valence-corrected chi connectivity index (χ4v) is 3.21. The van der Waals surface area contributed by atoms with Gasteiger partial charge in [-0.15, -0.1) is 0 Å². The molecule has 1 aromatic rings. The maximum absolute atomic E-state index is 12.6. The van der Waals surface area contributed by atoms with Crippen molar-refractivity contribution >= 4 is 17.4 Å². The number of carbonyl (C=O) groups is 2. The molecule has 1 unspecified atom stereocenters. The molecule has 2 aliphatic rings. The molecule has 1 spiro atoms. The fraction of sp³-hybridized carbons (Fsp3) is 0.467. The number of ketones is 1. The van der Waals surface area contributed by atoms with E-state index in [2.05, 4.69) is 0 Å². The molecular weight excluding hydrogens is 226 g/mol. The zero-order valence-electron chi connectivity index (χ0n) is 10.4. The maximum Gasteiger partial charge on any atom is 0.240 e. The molecule has 1 aliphatic heterocycles. The maximum atomic E-state index is 12.6. The molecule has 1 atom stereocenters. The van der Waals surface area contributed by atoms with Crippen LogP contribution in [0.2, 0.25) is 0 Å². The van der Waals surface area contributed by atoms with Gasteiger partial charge < -0.3 is 4.90 Å². The van der Waals surface area contributed by atoms with Crippen LogP contribution < -0.4 is 4.90 Å². The van der Waals surface area contributed by atoms with Crippen LogP contribution in [-0.4, -0.2) is 18.2 Å². The van der Waals surface area contributed by atoms with Crippen molar-refractivity contribution in [1.82, 2.24) is 0 Å². The molecule has 0 radical (unpaired) electrons. The first-order valence-electron chi connectivity index (χ1n) is 6.64. The summed E-state index contributed by atoms with van der Waals surface area (Å²) in [6.45, 7) is 0.675. The molecule has 3 rings (SSSR count). The SMILES string of the molecule is O=C1CCCCC12CCN(c1ccccc1)C2=O. The van der Waals surface area contributed by atoms with Crippen molar-refractivity contribution < 1.29 is 9.59 Å². The van der Waals surface area contributed by atoms with Gasteiger partial charge in [-0.2, -0.15) is 0 Å². The van der Waals surface area contributed by atoms with Crippen LogP contribution in [0.4, 0.5) is 5.69 Å². The smallest absolute Gasteiger partial charge is 0.240 e. The van der Waals surface area contributed by atoms with Gasteiger partial charge in [-0.25, -0.2) is 0 Å². The second kappa shape index (κ2) is 4.23. The Morgan fingerprint density at radius 3 is 2.50 bits per heavy atom. The Hall–Kier alpha value is -1.64. The van der Waals surface area contributed by atoms with Gasteiger partial charge >= 0.3 is 0 Å². The van der Waals surface area contributed by atoms with Gasteiger partial charge in [-0.1, -0.05) is 24.6 Å². The van der Waals surface area contributed by atoms with Crippen LogP contribution in [0.5, 0.6) is 0 Å². The Balaban J connectivity index is 1.91. The molecule has 0 aromatic heterocycles. The molecule has 1 aliphatic carbocycles. The predicted molar refractivity (Wildman–Crippen MR) is 69.3 cm³/mol. The summed E-state index contributed by atoms with van der Waals surface area (Å²) < 4.78 is 0. The molecule has 0 bridgehead atoms. The highest BCUT2D eigenvalue weighted by Crippen LogP contribution is 2.43. The lowest BCUT2D eigenvalue weighted by Crippen LogP contribution is -2.42. The predicted octanol–water partition coefficient (Wildman–Crippen LogP) is 2.55. The van der Waals surface area contributed by atoms with Gasteiger partial charge in [0.15, 0.2) is 0 Å². The monoisotopic (exact) mass is 243 g/mol. The van der Waals surface area contributed by atoms with Crippen LogP contribution in [0.15, 0.2) is 30.3 Å². The highest BCUT2D eigenvalue weighted by molar-refractivity contribution is 6.14. The number of para-hydroxylation sites is 1. The van der Waals surface area contributed by atoms with Gasteiger partial charge in [0.05, 0.1) is 0 Å². The van der Waals surface area contributed by atoms with Gasteiger partial charge in [-0.3, -0.25) is 9.59 Å². The van der Waals surface area contributed by atoms with E-state index in [0.29, 0.717) is 19.4 Å². The molecule has 1 heterocycles. The first kappa shape index (κ1) is 11.5. The van der Waals surface area contributed by atoms with Crippen LogP contribution in [0, 0.1) is 5.41 Å². The number of hydrogen-bond acceptors (Lipinski definition) is 2. The number of nitrogens with zero attached hydrogens (tertiary/aromatic N) is 1. The van der Waals surface area contributed by atoms with Crippen molar-refractivity contribution in [2.45, 2.75) is 32.1 Å². The van der Waals surface area contributed by atoms with E-state index in [4.69, 9.17) is 0 Å². The third-order valence-electron chi connectivity index (χ3n) is 4.28. The molecule has 2 fully saturated rings. The summed E-state index contributed by atoms with van der Waals surface area (Å²) in [4.78, 5) is 26.5. The number of hydrogen-bond donors (Lipinski definition) is 0. The van der Waals surface area contributed by atoms with Gasteiger partial charge in [-0.05, 0) is 31.4 Å². The number of anilines is 1. The Kier molecular flexibility index (Phi) is 2.69. The number of rotatable bonds is 1. The minimum absolute atomic E-state index is 0.0263. The zero-order valence-corrected chi connectivity index (χ0v) is 10.4. The number of carbonyl (C=O) groups excluding carboxylic acids is 2. The zero-order chi connectivity index (χ0) is 12.6. The molecule has 18 heavy (non-hydrogen) atoms. The number of benzene rings is 1. The van der Waals surface area contributed by atoms with Crippen molar-refractivity contribution in [3.8, 4) is 0 Å². The Morgan fingerprint density at radius 1 is 1.00 bits per heavy atom. The lowest BCUT2D eigenvalue weighted by Gasteiger charge is -2.30. The van der Waals surface area contributed by atoms with Crippen LogP contribution in [0.25, 0.3) is 0 Å². The van der Waals surface area contributed by atoms with Crippen LogP contribution >= 0.6 is 0 Å². The summed E-state index contributed by atoms with van der Waals surface area (Å²) >= 11 is 0. The molecule has 3 heteroatoms. The third kappa shape index (κ3) is 1.57. The van der Waals surface area contributed by atoms with E-state index in [0.717, 1.165) is 24.9 Å². The topological polar surface area (TPSA) is 37.4 Å². The summed E-state index contributed by atoms with van der Waals surface area (Å²) in [6, 6.07) is 9.66. The average Bonchev–Trinajstić information content (AvgIpc) is 2.73. The molecule has 0 N–H and O–H groups in total. The van der Waals surface area contributed by atoms with Gasteiger partial charge in [0.2, 0.25) is 5.91 Å². The molecule has 3 nitrogen and oxygen atoms in total. The van der Waals surface area contributed by atoms with E-state index >= 15 is 0 Å². The van der Waals surface area contributed by atoms with E-state index in [9.17, 15) is 9.59 Å². The van der Waals surface area contributed by atoms with E-state index in [1.165, 1.54) is 0 Å². The fourth-order valence-electron chi connectivity index (χ4n) is 3.21. The van der Waals surface area contributed by atoms with Crippen molar-refractivity contribution in [3.05, 3.63) is 30.3 Å². The van der Waals surface area contributed by atoms with E-state index in [1.54, 1.807) is 4.90 Å². The first-order chi connectivity index (χ1) is 8.74. The summed E-state index contributed by atoms with van der Waals surface area (Å²) in [5, 5.41) is 0. The van der Waals surface area contributed by atoms with Crippen LogP contribution in [0.1, 0.15) is 32.1 Å². The summed E-state index contributed by atoms with van der Waals surface area (Å²) in [5.41, 5.74) is 0.228. The van der Waals surface area contributed by atoms with Gasteiger partial charge in [0.25, 0.3) is 0 Å². The highest BCUT2D eigenvalue weighted by Gasteiger charge is 2.52. The van der Waals surface area contributed by atoms with Crippen molar-refractivity contribution in [2.24, 2.45) is 5.41 Å². The minimum Gasteiger partial charge on any atom is -0.312 e. The normalized spacial score (nSPS) is 28.1. The Bertz CT molecular complexity index is 483. The van der Waals surface area contributed by atoms with E-state index < -0.39 is 5.41 Å². The average molecular weight is 243 g/mol. The summed E-state index contributed by atoms with van der Waals surface area (Å²) in [7, 11) is 0. The molecule has 1 saturated heterocycles. The number of Topliss-reactive ketones (excluding diaryl/α,β-unsaturated/α-hetero) is 1. The molecule has 1 amide bonds. The van der Waals surface area contributed by atoms with Crippen molar-refractivity contribution in [1.29, 1.82) is 0 Å². The minimum atomic E-state index is -0.686. The quantitative estimate of drug-likeness (QED) is 0.711. The largest absolute Gasteiger partial charge is 0.312 e. The summed E-state index contributed by atoms with van der Waals surface area (Å²) in [5.74, 6) is 0.190.